The Morgan fingerprint density at radius 2 is 1.42 bits per heavy atom. The predicted octanol–water partition coefficient (Wildman–Crippen LogP) is 5.41. The van der Waals surface area contributed by atoms with E-state index in [0.717, 1.165) is 83.8 Å². The Hall–Kier alpha value is -5.46. The maximum absolute atomic E-state index is 13.5. The van der Waals surface area contributed by atoms with Crippen LogP contribution in [0.25, 0.3) is 33.6 Å². The number of methoxy groups -OCH3 is 1. The highest BCUT2D eigenvalue weighted by molar-refractivity contribution is 5.88. The van der Waals surface area contributed by atoms with Crippen molar-refractivity contribution in [1.82, 2.24) is 40.4 Å². The molecule has 0 radical (unpaired) electrons. The van der Waals surface area contributed by atoms with Crippen LogP contribution in [0.15, 0.2) is 60.9 Å². The van der Waals surface area contributed by atoms with Gasteiger partial charge in [-0.25, -0.2) is 14.8 Å². The molecule has 53 heavy (non-hydrogen) atoms. The van der Waals surface area contributed by atoms with Crippen molar-refractivity contribution in [2.24, 2.45) is 11.8 Å². The molecular weight excluding hydrogens is 672 g/mol. The standard InChI is InChI=1S/C40H48N8O5/c1-24(2)35(46-40(52)53-3)39(51)48-19-6-9-33(48)37-43-22-32(45-37)28-16-12-26(13-17-28)25-10-14-27(15-11-25)31-21-42-36(44-31)29-7-4-5-8-30(29)38(50)47-20-18-41-34(49)23-47/h10-17,21-22,24,29-30,33,35H,4-9,18-20,23H2,1-3H3,(H,41,49)(H,42,44)(H,43,45)(H,46,52)/t29-,30+,33-,35?/m0/s1. The zero-order valence-corrected chi connectivity index (χ0v) is 30.6. The van der Waals surface area contributed by atoms with E-state index < -0.39 is 12.1 Å². The summed E-state index contributed by atoms with van der Waals surface area (Å²) >= 11 is 0. The SMILES string of the molecule is COC(=O)NC(C(=O)N1CCC[C@H]1c1ncc(-c2ccc(-c3ccc(-c4cnc([C@H]5CCCC[C@H]5C(=O)N5CCNC(=O)C5)[nH]4)cc3)cc2)[nH]1)C(C)C. The topological polar surface area (TPSA) is 165 Å². The summed E-state index contributed by atoms with van der Waals surface area (Å²) in [5.41, 5.74) is 5.93. The number of H-pyrrole nitrogens is 2. The van der Waals surface area contributed by atoms with Gasteiger partial charge in [0, 0.05) is 31.5 Å². The maximum Gasteiger partial charge on any atom is 0.407 e. The van der Waals surface area contributed by atoms with Crippen molar-refractivity contribution in [3.63, 3.8) is 0 Å². The Kier molecular flexibility index (Phi) is 10.6. The molecule has 2 saturated heterocycles. The Morgan fingerprint density at radius 1 is 0.811 bits per heavy atom. The summed E-state index contributed by atoms with van der Waals surface area (Å²) in [4.78, 5) is 70.8. The Labute approximate surface area is 309 Å². The normalized spacial score (nSPS) is 21.0. The van der Waals surface area contributed by atoms with Gasteiger partial charge in [0.1, 0.15) is 17.7 Å². The van der Waals surface area contributed by atoms with Gasteiger partial charge in [0.2, 0.25) is 17.7 Å². The first kappa shape index (κ1) is 35.9. The molecule has 4 aromatic rings. The van der Waals surface area contributed by atoms with Crippen molar-refractivity contribution in [3.8, 4) is 33.6 Å². The number of carbonyl (C=O) groups excluding carboxylic acids is 4. The van der Waals surface area contributed by atoms with Crippen molar-refractivity contribution in [2.45, 2.75) is 70.4 Å². The van der Waals surface area contributed by atoms with Crippen molar-refractivity contribution in [2.75, 3.05) is 33.3 Å². The number of amides is 4. The van der Waals surface area contributed by atoms with Crippen LogP contribution in [0.4, 0.5) is 4.79 Å². The molecule has 4 atom stereocenters. The van der Waals surface area contributed by atoms with Crippen LogP contribution in [0.3, 0.4) is 0 Å². The quantitative estimate of drug-likeness (QED) is 0.180. The van der Waals surface area contributed by atoms with Gasteiger partial charge in [-0.1, -0.05) is 75.2 Å². The molecule has 13 heteroatoms. The monoisotopic (exact) mass is 720 g/mol. The van der Waals surface area contributed by atoms with Crippen LogP contribution in [0, 0.1) is 11.8 Å². The number of ether oxygens (including phenoxy) is 1. The second-order valence-electron chi connectivity index (χ2n) is 14.7. The van der Waals surface area contributed by atoms with Gasteiger partial charge in [-0.3, -0.25) is 14.4 Å². The lowest BCUT2D eigenvalue weighted by Crippen LogP contribution is -2.52. The molecule has 2 aliphatic heterocycles. The summed E-state index contributed by atoms with van der Waals surface area (Å²) in [6.45, 7) is 5.59. The molecule has 13 nitrogen and oxygen atoms in total. The van der Waals surface area contributed by atoms with Gasteiger partial charge in [-0.05, 0) is 53.9 Å². The fourth-order valence-corrected chi connectivity index (χ4v) is 8.02. The van der Waals surface area contributed by atoms with E-state index in [0.29, 0.717) is 19.6 Å². The van der Waals surface area contributed by atoms with Crippen molar-refractivity contribution < 1.29 is 23.9 Å². The first-order valence-electron chi connectivity index (χ1n) is 18.7. The molecular formula is C40H48N8O5. The minimum absolute atomic E-state index is 0.00545. The Morgan fingerprint density at radius 3 is 2.04 bits per heavy atom. The van der Waals surface area contributed by atoms with E-state index in [1.807, 2.05) is 31.1 Å². The molecule has 0 bridgehead atoms. The third kappa shape index (κ3) is 7.69. The highest BCUT2D eigenvalue weighted by atomic mass is 16.5. The van der Waals surface area contributed by atoms with E-state index >= 15 is 0 Å². The van der Waals surface area contributed by atoms with Gasteiger partial charge >= 0.3 is 6.09 Å². The molecule has 4 heterocycles. The number of likely N-dealkylation sites (tertiary alicyclic amines) is 1. The summed E-state index contributed by atoms with van der Waals surface area (Å²) in [7, 11) is 1.29. The smallest absolute Gasteiger partial charge is 0.407 e. The van der Waals surface area contributed by atoms with Gasteiger partial charge in [-0.15, -0.1) is 0 Å². The Bertz CT molecular complexity index is 1930. The lowest BCUT2D eigenvalue weighted by molar-refractivity contribution is -0.142. The molecule has 278 valence electrons. The number of nitrogens with zero attached hydrogens (tertiary/aromatic N) is 4. The number of aromatic nitrogens is 4. The highest BCUT2D eigenvalue weighted by Crippen LogP contribution is 2.39. The second kappa shape index (κ2) is 15.6. The van der Waals surface area contributed by atoms with E-state index in [-0.39, 0.29) is 48.1 Å². The average molecular weight is 721 g/mol. The van der Waals surface area contributed by atoms with E-state index in [9.17, 15) is 19.2 Å². The van der Waals surface area contributed by atoms with Crippen LogP contribution in [0.5, 0.6) is 0 Å². The summed E-state index contributed by atoms with van der Waals surface area (Å²) in [5.74, 6) is 1.13. The number of hydrogen-bond acceptors (Lipinski definition) is 7. The number of imidazole rings is 2. The molecule has 0 spiro atoms. The minimum atomic E-state index is -0.681. The summed E-state index contributed by atoms with van der Waals surface area (Å²) in [6, 6.07) is 15.8. The number of nitrogens with one attached hydrogen (secondary N) is 4. The van der Waals surface area contributed by atoms with E-state index in [4.69, 9.17) is 9.72 Å². The molecule has 1 aliphatic carbocycles. The molecule has 3 aliphatic rings. The molecule has 7 rings (SSSR count). The zero-order chi connectivity index (χ0) is 37.1. The summed E-state index contributed by atoms with van der Waals surface area (Å²) in [6.07, 6.45) is 8.44. The lowest BCUT2D eigenvalue weighted by atomic mass is 9.78. The average Bonchev–Trinajstić information content (AvgIpc) is 3.98. The third-order valence-electron chi connectivity index (χ3n) is 10.9. The fourth-order valence-electron chi connectivity index (χ4n) is 8.02. The van der Waals surface area contributed by atoms with Gasteiger partial charge in [0.05, 0.1) is 43.5 Å². The largest absolute Gasteiger partial charge is 0.453 e. The van der Waals surface area contributed by atoms with E-state index in [1.54, 1.807) is 4.90 Å². The van der Waals surface area contributed by atoms with Gasteiger partial charge in [0.25, 0.3) is 0 Å². The number of alkyl carbamates (subject to hydrolysis) is 1. The first-order chi connectivity index (χ1) is 25.7. The van der Waals surface area contributed by atoms with Crippen molar-refractivity contribution in [1.29, 1.82) is 0 Å². The third-order valence-corrected chi connectivity index (χ3v) is 10.9. The molecule has 4 amide bonds. The number of hydrogen-bond donors (Lipinski definition) is 4. The van der Waals surface area contributed by atoms with Crippen LogP contribution >= 0.6 is 0 Å². The van der Waals surface area contributed by atoms with E-state index in [1.165, 1.54) is 7.11 Å². The van der Waals surface area contributed by atoms with Crippen molar-refractivity contribution >= 4 is 23.8 Å². The van der Waals surface area contributed by atoms with E-state index in [2.05, 4.69) is 74.1 Å². The van der Waals surface area contributed by atoms with Crippen LogP contribution in [0.1, 0.15) is 76.0 Å². The van der Waals surface area contributed by atoms with Crippen LogP contribution < -0.4 is 10.6 Å². The number of rotatable bonds is 9. The maximum atomic E-state index is 13.5. The number of aromatic amines is 2. The molecule has 3 fully saturated rings. The van der Waals surface area contributed by atoms with Crippen LogP contribution in [-0.2, 0) is 19.1 Å². The lowest BCUT2D eigenvalue weighted by Gasteiger charge is -2.35. The highest BCUT2D eigenvalue weighted by Gasteiger charge is 2.39. The van der Waals surface area contributed by atoms with Crippen LogP contribution in [0.2, 0.25) is 0 Å². The first-order valence-corrected chi connectivity index (χ1v) is 18.7. The molecule has 2 aromatic carbocycles. The van der Waals surface area contributed by atoms with Gasteiger partial charge in [-0.2, -0.15) is 0 Å². The summed E-state index contributed by atoms with van der Waals surface area (Å²) in [5, 5.41) is 5.50. The van der Waals surface area contributed by atoms with Gasteiger partial charge < -0.3 is 35.1 Å². The second-order valence-corrected chi connectivity index (χ2v) is 14.7. The van der Waals surface area contributed by atoms with Crippen molar-refractivity contribution in [3.05, 3.63) is 72.6 Å². The molecule has 1 unspecified atom stereocenters. The molecule has 2 aromatic heterocycles. The van der Waals surface area contributed by atoms with Crippen LogP contribution in [-0.4, -0.2) is 92.9 Å². The Balaban J connectivity index is 1.00. The number of carbonyl (C=O) groups is 4. The zero-order valence-electron chi connectivity index (χ0n) is 30.6. The minimum Gasteiger partial charge on any atom is -0.453 e. The number of piperazine rings is 1. The number of benzene rings is 2. The van der Waals surface area contributed by atoms with Gasteiger partial charge in [0.15, 0.2) is 0 Å². The summed E-state index contributed by atoms with van der Waals surface area (Å²) < 4.78 is 4.75. The molecule has 1 saturated carbocycles. The molecule has 4 N–H and O–H groups in total. The fraction of sp³-hybridized carbons (Fsp3) is 0.450. The predicted molar refractivity (Wildman–Crippen MR) is 199 cm³/mol.